The molecule has 1 rings (SSSR count). The molecule has 0 amide bonds. The fourth-order valence-electron chi connectivity index (χ4n) is 1.18. The Balaban J connectivity index is 3.59. The summed E-state index contributed by atoms with van der Waals surface area (Å²) in [6, 6.07) is 2.10. The van der Waals surface area contributed by atoms with Crippen LogP contribution in [0.15, 0.2) is 17.0 Å². The van der Waals surface area contributed by atoms with Crippen LogP contribution in [0.4, 0.5) is 5.69 Å². The van der Waals surface area contributed by atoms with E-state index in [4.69, 9.17) is 4.55 Å². The maximum Gasteiger partial charge on any atom is 0.295 e. The molecule has 0 bridgehead atoms. The lowest BCUT2D eigenvalue weighted by Gasteiger charge is -2.05. The molecular weight excluding hydrogens is 222 g/mol. The highest BCUT2D eigenvalue weighted by atomic mass is 32.2. The lowest BCUT2D eigenvalue weighted by atomic mass is 10.1. The van der Waals surface area contributed by atoms with Crippen LogP contribution >= 0.6 is 0 Å². The van der Waals surface area contributed by atoms with E-state index >= 15 is 0 Å². The smallest absolute Gasteiger partial charge is 0.282 e. The standard InChI is InChI=1S/C8H9NO5S/c1-5-3-7(9(10)11)4-8(6(5)2)15(12,13)14/h3-4H,1-2H3,(H,12,13,14). The van der Waals surface area contributed by atoms with Gasteiger partial charge in [-0.1, -0.05) is 0 Å². The Hall–Kier alpha value is -1.47. The number of nitro benzene ring substituents is 1. The van der Waals surface area contributed by atoms with E-state index in [0.29, 0.717) is 11.1 Å². The highest BCUT2D eigenvalue weighted by Crippen LogP contribution is 2.24. The predicted octanol–water partition coefficient (Wildman–Crippen LogP) is 1.46. The molecule has 1 aromatic rings. The van der Waals surface area contributed by atoms with Crippen LogP contribution in [0.5, 0.6) is 0 Å². The van der Waals surface area contributed by atoms with E-state index in [2.05, 4.69) is 0 Å². The Bertz CT molecular complexity index is 520. The summed E-state index contributed by atoms with van der Waals surface area (Å²) in [7, 11) is -4.42. The monoisotopic (exact) mass is 231 g/mol. The van der Waals surface area contributed by atoms with Gasteiger partial charge in [0, 0.05) is 12.1 Å². The molecule has 6 nitrogen and oxygen atoms in total. The van der Waals surface area contributed by atoms with E-state index in [9.17, 15) is 18.5 Å². The Labute approximate surface area is 86.4 Å². The third kappa shape index (κ3) is 2.31. The van der Waals surface area contributed by atoms with Crippen molar-refractivity contribution in [1.29, 1.82) is 0 Å². The molecule has 15 heavy (non-hydrogen) atoms. The summed E-state index contributed by atoms with van der Waals surface area (Å²) in [5, 5.41) is 10.5. The summed E-state index contributed by atoms with van der Waals surface area (Å²) in [5.41, 5.74) is 0.394. The van der Waals surface area contributed by atoms with Crippen LogP contribution in [0.2, 0.25) is 0 Å². The maximum absolute atomic E-state index is 10.9. The van der Waals surface area contributed by atoms with Crippen LogP contribution in [0.1, 0.15) is 11.1 Å². The first kappa shape index (κ1) is 11.6. The fourth-order valence-corrected chi connectivity index (χ4v) is 2.00. The second-order valence-corrected chi connectivity index (χ2v) is 4.51. The van der Waals surface area contributed by atoms with E-state index < -0.39 is 19.9 Å². The van der Waals surface area contributed by atoms with Gasteiger partial charge in [-0.25, -0.2) is 0 Å². The maximum atomic E-state index is 10.9. The van der Waals surface area contributed by atoms with Crippen LogP contribution < -0.4 is 0 Å². The van der Waals surface area contributed by atoms with Crippen LogP contribution in [0.25, 0.3) is 0 Å². The Morgan fingerprint density at radius 1 is 1.33 bits per heavy atom. The van der Waals surface area contributed by atoms with Gasteiger partial charge in [0.15, 0.2) is 0 Å². The van der Waals surface area contributed by atoms with Gasteiger partial charge in [-0.15, -0.1) is 0 Å². The summed E-state index contributed by atoms with van der Waals surface area (Å²) in [5.74, 6) is 0. The molecule has 82 valence electrons. The highest BCUT2D eigenvalue weighted by Gasteiger charge is 2.19. The molecule has 0 aliphatic rings. The molecule has 0 saturated carbocycles. The zero-order valence-corrected chi connectivity index (χ0v) is 8.91. The molecule has 0 spiro atoms. The van der Waals surface area contributed by atoms with Gasteiger partial charge < -0.3 is 0 Å². The first-order chi connectivity index (χ1) is 6.73. The average Bonchev–Trinajstić information content (AvgIpc) is 2.06. The van der Waals surface area contributed by atoms with Crippen LogP contribution in [-0.2, 0) is 10.1 Å². The van der Waals surface area contributed by atoms with Crippen LogP contribution in [0.3, 0.4) is 0 Å². The van der Waals surface area contributed by atoms with E-state index in [-0.39, 0.29) is 5.69 Å². The molecule has 0 saturated heterocycles. The summed E-state index contributed by atoms with van der Waals surface area (Å²) < 4.78 is 30.7. The minimum Gasteiger partial charge on any atom is -0.282 e. The molecule has 0 atom stereocenters. The van der Waals surface area contributed by atoms with Crippen molar-refractivity contribution in [3.05, 3.63) is 33.4 Å². The van der Waals surface area contributed by atoms with Gasteiger partial charge in [-0.3, -0.25) is 14.7 Å². The lowest BCUT2D eigenvalue weighted by molar-refractivity contribution is -0.385. The number of nitrogens with zero attached hydrogens (tertiary/aromatic N) is 1. The SMILES string of the molecule is Cc1cc([N+](=O)[O-])cc(S(=O)(=O)O)c1C. The van der Waals surface area contributed by atoms with Crippen molar-refractivity contribution in [2.24, 2.45) is 0 Å². The summed E-state index contributed by atoms with van der Waals surface area (Å²) >= 11 is 0. The van der Waals surface area contributed by atoms with Gasteiger partial charge in [-0.05, 0) is 25.0 Å². The van der Waals surface area contributed by atoms with E-state index in [0.717, 1.165) is 6.07 Å². The van der Waals surface area contributed by atoms with Gasteiger partial charge in [0.1, 0.15) is 4.90 Å². The molecule has 0 fully saturated rings. The highest BCUT2D eigenvalue weighted by molar-refractivity contribution is 7.85. The number of aryl methyl sites for hydroxylation is 1. The van der Waals surface area contributed by atoms with Gasteiger partial charge in [0.25, 0.3) is 15.8 Å². The average molecular weight is 231 g/mol. The second-order valence-electron chi connectivity index (χ2n) is 3.12. The third-order valence-electron chi connectivity index (χ3n) is 2.09. The van der Waals surface area contributed by atoms with Crippen molar-refractivity contribution in [3.63, 3.8) is 0 Å². The first-order valence-corrected chi connectivity index (χ1v) is 5.40. The molecular formula is C8H9NO5S. The van der Waals surface area contributed by atoms with Crippen molar-refractivity contribution in [3.8, 4) is 0 Å². The Morgan fingerprint density at radius 3 is 2.27 bits per heavy atom. The van der Waals surface area contributed by atoms with E-state index in [1.165, 1.54) is 19.9 Å². The second kappa shape index (κ2) is 3.59. The summed E-state index contributed by atoms with van der Waals surface area (Å²) in [6.07, 6.45) is 0. The molecule has 7 heteroatoms. The zero-order chi connectivity index (χ0) is 11.8. The molecule has 0 aliphatic carbocycles. The number of benzene rings is 1. The molecule has 1 N–H and O–H groups in total. The largest absolute Gasteiger partial charge is 0.295 e. The number of hydrogen-bond donors (Lipinski definition) is 1. The molecule has 0 unspecified atom stereocenters. The van der Waals surface area contributed by atoms with Crippen LogP contribution in [0, 0.1) is 24.0 Å². The normalized spacial score (nSPS) is 11.4. The van der Waals surface area contributed by atoms with Gasteiger partial charge in [0.2, 0.25) is 0 Å². The third-order valence-corrected chi connectivity index (χ3v) is 3.07. The lowest BCUT2D eigenvalue weighted by Crippen LogP contribution is -2.03. The van der Waals surface area contributed by atoms with Gasteiger partial charge in [0.05, 0.1) is 4.92 Å². The number of rotatable bonds is 2. The first-order valence-electron chi connectivity index (χ1n) is 3.96. The van der Waals surface area contributed by atoms with E-state index in [1.54, 1.807) is 0 Å². The molecule has 1 aromatic carbocycles. The van der Waals surface area contributed by atoms with Crippen molar-refractivity contribution in [2.45, 2.75) is 18.7 Å². The summed E-state index contributed by atoms with van der Waals surface area (Å²) in [6.45, 7) is 3.01. The molecule has 0 radical (unpaired) electrons. The predicted molar refractivity (Wildman–Crippen MR) is 52.4 cm³/mol. The van der Waals surface area contributed by atoms with Gasteiger partial charge in [-0.2, -0.15) is 8.42 Å². The van der Waals surface area contributed by atoms with Crippen molar-refractivity contribution in [2.75, 3.05) is 0 Å². The number of non-ortho nitro benzene ring substituents is 1. The molecule has 0 aromatic heterocycles. The topological polar surface area (TPSA) is 97.5 Å². The zero-order valence-electron chi connectivity index (χ0n) is 8.09. The molecule has 0 aliphatic heterocycles. The van der Waals surface area contributed by atoms with E-state index in [1.807, 2.05) is 0 Å². The molecule has 0 heterocycles. The minimum absolute atomic E-state index is 0.308. The number of hydrogen-bond acceptors (Lipinski definition) is 4. The Morgan fingerprint density at radius 2 is 1.87 bits per heavy atom. The quantitative estimate of drug-likeness (QED) is 0.472. The van der Waals surface area contributed by atoms with Gasteiger partial charge >= 0.3 is 0 Å². The Kier molecular flexibility index (Phi) is 2.78. The van der Waals surface area contributed by atoms with Crippen molar-refractivity contribution in [1.82, 2.24) is 0 Å². The van der Waals surface area contributed by atoms with Crippen molar-refractivity contribution < 1.29 is 17.9 Å². The van der Waals surface area contributed by atoms with Crippen molar-refractivity contribution >= 4 is 15.8 Å². The minimum atomic E-state index is -4.42. The fraction of sp³-hybridized carbons (Fsp3) is 0.250. The van der Waals surface area contributed by atoms with Crippen LogP contribution in [-0.4, -0.2) is 17.9 Å². The number of nitro groups is 1. The summed E-state index contributed by atoms with van der Waals surface area (Å²) in [4.78, 5) is 9.34.